The van der Waals surface area contributed by atoms with Gasteiger partial charge in [0.2, 0.25) is 0 Å². The van der Waals surface area contributed by atoms with Crippen LogP contribution in [0.2, 0.25) is 0 Å². The fourth-order valence-corrected chi connectivity index (χ4v) is 2.65. The Morgan fingerprint density at radius 1 is 1.19 bits per heavy atom. The van der Waals surface area contributed by atoms with Crippen LogP contribution in [0.3, 0.4) is 0 Å². The van der Waals surface area contributed by atoms with Gasteiger partial charge in [-0.25, -0.2) is 9.78 Å². The molecule has 0 bridgehead atoms. The van der Waals surface area contributed by atoms with Gasteiger partial charge in [0.15, 0.2) is 5.03 Å². The number of carbonyl (C=O) groups is 1. The average molecular weight is 308 g/mol. The highest BCUT2D eigenvalue weighted by atomic mass is 32.2. The van der Waals surface area contributed by atoms with Crippen LogP contribution in [-0.2, 0) is 16.6 Å². The number of hydrogen-bond acceptors (Lipinski definition) is 5. The molecule has 0 aliphatic carbocycles. The first-order chi connectivity index (χ1) is 9.94. The van der Waals surface area contributed by atoms with Crippen LogP contribution >= 0.6 is 0 Å². The maximum Gasteiger partial charge on any atom is 0.337 e. The molecule has 0 amide bonds. The summed E-state index contributed by atoms with van der Waals surface area (Å²) in [4.78, 5) is 14.3. The highest BCUT2D eigenvalue weighted by Gasteiger charge is 2.18. The van der Waals surface area contributed by atoms with Gasteiger partial charge in [0, 0.05) is 11.8 Å². The van der Waals surface area contributed by atoms with Crippen LogP contribution in [0.4, 0.5) is 5.69 Å². The van der Waals surface area contributed by atoms with Gasteiger partial charge in [-0.05, 0) is 18.2 Å². The predicted octanol–water partition coefficient (Wildman–Crippen LogP) is 1.07. The molecular formula is C13H12N2O5S. The first-order valence-corrected chi connectivity index (χ1v) is 7.33. The second-order valence-electron chi connectivity index (χ2n) is 4.11. The van der Waals surface area contributed by atoms with Crippen LogP contribution in [0.15, 0.2) is 47.6 Å². The molecule has 21 heavy (non-hydrogen) atoms. The molecule has 0 saturated heterocycles. The molecule has 1 aromatic carbocycles. The Kier molecular flexibility index (Phi) is 4.20. The average Bonchev–Trinajstić information content (AvgIpc) is 2.47. The number of aromatic nitrogens is 1. The minimum Gasteiger partial charge on any atom is -0.478 e. The van der Waals surface area contributed by atoms with E-state index in [2.05, 4.69) is 9.71 Å². The zero-order valence-electron chi connectivity index (χ0n) is 10.7. The van der Waals surface area contributed by atoms with Crippen molar-refractivity contribution in [3.8, 4) is 0 Å². The molecule has 3 N–H and O–H groups in total. The van der Waals surface area contributed by atoms with Crippen molar-refractivity contribution < 1.29 is 23.4 Å². The van der Waals surface area contributed by atoms with E-state index in [0.717, 1.165) is 18.3 Å². The number of aliphatic hydroxyl groups excluding tert-OH is 1. The van der Waals surface area contributed by atoms with Crippen molar-refractivity contribution in [2.24, 2.45) is 0 Å². The van der Waals surface area contributed by atoms with Gasteiger partial charge in [0.1, 0.15) is 0 Å². The Bertz CT molecular complexity index is 756. The zero-order valence-corrected chi connectivity index (χ0v) is 11.5. The Labute approximate surface area is 120 Å². The number of benzene rings is 1. The summed E-state index contributed by atoms with van der Waals surface area (Å²) < 4.78 is 26.6. The number of anilines is 1. The molecule has 0 aliphatic heterocycles. The predicted molar refractivity (Wildman–Crippen MR) is 74.4 cm³/mol. The number of carboxylic acids is 1. The molecule has 1 aromatic heterocycles. The summed E-state index contributed by atoms with van der Waals surface area (Å²) in [5, 5.41) is 17.6. The normalized spacial score (nSPS) is 11.1. The van der Waals surface area contributed by atoms with E-state index in [4.69, 9.17) is 10.2 Å². The summed E-state index contributed by atoms with van der Waals surface area (Å²) in [7, 11) is -3.95. The number of aliphatic hydroxyl groups is 1. The Balaban J connectivity index is 2.32. The number of sulfonamides is 1. The van der Waals surface area contributed by atoms with Crippen LogP contribution < -0.4 is 4.72 Å². The van der Waals surface area contributed by atoms with Crippen LogP contribution in [-0.4, -0.2) is 29.6 Å². The first-order valence-electron chi connectivity index (χ1n) is 5.85. The van der Waals surface area contributed by atoms with Crippen LogP contribution in [0.25, 0.3) is 0 Å². The minimum atomic E-state index is -3.95. The van der Waals surface area contributed by atoms with Gasteiger partial charge in [-0.2, -0.15) is 8.42 Å². The number of para-hydroxylation sites is 1. The van der Waals surface area contributed by atoms with Gasteiger partial charge in [0.25, 0.3) is 10.0 Å². The van der Waals surface area contributed by atoms with Gasteiger partial charge in [-0.15, -0.1) is 0 Å². The smallest absolute Gasteiger partial charge is 0.337 e. The highest BCUT2D eigenvalue weighted by molar-refractivity contribution is 7.92. The van der Waals surface area contributed by atoms with Gasteiger partial charge >= 0.3 is 5.97 Å². The molecule has 2 aromatic rings. The largest absolute Gasteiger partial charge is 0.478 e. The molecule has 0 spiro atoms. The van der Waals surface area contributed by atoms with Gasteiger partial charge < -0.3 is 10.2 Å². The highest BCUT2D eigenvalue weighted by Crippen LogP contribution is 2.19. The van der Waals surface area contributed by atoms with Crippen LogP contribution in [0.1, 0.15) is 15.9 Å². The molecule has 2 rings (SSSR count). The van der Waals surface area contributed by atoms with Crippen molar-refractivity contribution in [2.75, 3.05) is 4.72 Å². The summed E-state index contributed by atoms with van der Waals surface area (Å²) in [6, 6.07) is 8.64. The zero-order chi connectivity index (χ0) is 15.5. The molecule has 0 saturated carbocycles. The van der Waals surface area contributed by atoms with E-state index in [1.807, 2.05) is 0 Å². The topological polar surface area (TPSA) is 117 Å². The molecule has 0 aliphatic rings. The number of rotatable bonds is 5. The number of aromatic carboxylic acids is 1. The maximum atomic E-state index is 12.1. The molecule has 0 unspecified atom stereocenters. The van der Waals surface area contributed by atoms with E-state index in [1.54, 1.807) is 18.2 Å². The molecule has 110 valence electrons. The van der Waals surface area contributed by atoms with E-state index in [9.17, 15) is 13.2 Å². The molecule has 0 radical (unpaired) electrons. The third-order valence-electron chi connectivity index (χ3n) is 2.69. The Morgan fingerprint density at radius 3 is 2.48 bits per heavy atom. The summed E-state index contributed by atoms with van der Waals surface area (Å²) in [6.45, 7) is -0.315. The molecule has 0 atom stereocenters. The van der Waals surface area contributed by atoms with Crippen molar-refractivity contribution >= 4 is 21.7 Å². The lowest BCUT2D eigenvalue weighted by Gasteiger charge is -2.10. The van der Waals surface area contributed by atoms with Crippen molar-refractivity contribution in [3.05, 3.63) is 53.7 Å². The lowest BCUT2D eigenvalue weighted by Crippen LogP contribution is -2.16. The molecule has 0 fully saturated rings. The number of nitrogens with one attached hydrogen (secondary N) is 1. The second kappa shape index (κ2) is 5.90. The third-order valence-corrected chi connectivity index (χ3v) is 3.97. The SMILES string of the molecule is O=C(O)c1ccc(S(=O)(=O)Nc2ccccc2CO)nc1. The molecular weight excluding hydrogens is 296 g/mol. The van der Waals surface area contributed by atoms with Gasteiger partial charge in [-0.1, -0.05) is 18.2 Å². The summed E-state index contributed by atoms with van der Waals surface area (Å²) in [5.41, 5.74) is 0.553. The fourth-order valence-electron chi connectivity index (χ4n) is 1.62. The number of pyridine rings is 1. The minimum absolute atomic E-state index is 0.107. The molecule has 7 nitrogen and oxygen atoms in total. The summed E-state index contributed by atoms with van der Waals surface area (Å²) in [5.74, 6) is -1.19. The van der Waals surface area contributed by atoms with Gasteiger partial charge in [0.05, 0.1) is 17.9 Å². The van der Waals surface area contributed by atoms with Crippen LogP contribution in [0, 0.1) is 0 Å². The van der Waals surface area contributed by atoms with Crippen molar-refractivity contribution in [1.82, 2.24) is 4.98 Å². The van der Waals surface area contributed by atoms with Crippen molar-refractivity contribution in [1.29, 1.82) is 0 Å². The second-order valence-corrected chi connectivity index (χ2v) is 5.74. The Morgan fingerprint density at radius 2 is 1.90 bits per heavy atom. The summed E-state index contributed by atoms with van der Waals surface area (Å²) in [6.07, 6.45) is 0.967. The van der Waals surface area contributed by atoms with Crippen LogP contribution in [0.5, 0.6) is 0 Å². The van der Waals surface area contributed by atoms with Crippen molar-refractivity contribution in [3.63, 3.8) is 0 Å². The molecule has 1 heterocycles. The summed E-state index contributed by atoms with van der Waals surface area (Å²) >= 11 is 0. The van der Waals surface area contributed by atoms with E-state index >= 15 is 0 Å². The quantitative estimate of drug-likeness (QED) is 0.761. The number of carboxylic acid groups (broad SMARTS) is 1. The van der Waals surface area contributed by atoms with Gasteiger partial charge in [-0.3, -0.25) is 4.72 Å². The number of nitrogens with zero attached hydrogens (tertiary/aromatic N) is 1. The standard InChI is InChI=1S/C13H12N2O5S/c16-8-10-3-1-2-4-11(10)15-21(19,20)12-6-5-9(7-14-12)13(17)18/h1-7,15-16H,8H2,(H,17,18). The lowest BCUT2D eigenvalue weighted by molar-refractivity contribution is 0.0696. The fraction of sp³-hybridized carbons (Fsp3) is 0.0769. The first kappa shape index (κ1) is 14.9. The van der Waals surface area contributed by atoms with E-state index < -0.39 is 16.0 Å². The van der Waals surface area contributed by atoms with Crippen molar-refractivity contribution in [2.45, 2.75) is 11.6 Å². The van der Waals surface area contributed by atoms with E-state index in [0.29, 0.717) is 5.56 Å². The number of hydrogen-bond donors (Lipinski definition) is 3. The molecule has 8 heteroatoms. The Hall–Kier alpha value is -2.45. The third kappa shape index (κ3) is 3.36. The lowest BCUT2D eigenvalue weighted by atomic mass is 10.2. The maximum absolute atomic E-state index is 12.1. The van der Waals surface area contributed by atoms with E-state index in [1.165, 1.54) is 6.07 Å². The monoisotopic (exact) mass is 308 g/mol. The van der Waals surface area contributed by atoms with E-state index in [-0.39, 0.29) is 22.9 Å².